The van der Waals surface area contributed by atoms with E-state index in [2.05, 4.69) is 5.32 Å². The highest BCUT2D eigenvalue weighted by molar-refractivity contribution is 5.94. The van der Waals surface area contributed by atoms with Crippen LogP contribution in [-0.4, -0.2) is 18.5 Å². The number of aryl methyl sites for hydroxylation is 2. The molecule has 2 aliphatic carbocycles. The second kappa shape index (κ2) is 6.73. The molecule has 1 aromatic rings. The van der Waals surface area contributed by atoms with E-state index in [0.29, 0.717) is 18.3 Å². The van der Waals surface area contributed by atoms with E-state index in [9.17, 15) is 9.59 Å². The van der Waals surface area contributed by atoms with Crippen LogP contribution in [0, 0.1) is 31.6 Å². The fraction of sp³-hybridized carbons (Fsp3) is 0.579. The molecule has 0 aromatic heterocycles. The molecule has 2 fully saturated rings. The average Bonchev–Trinajstić information content (AvgIpc) is 3.12. The van der Waals surface area contributed by atoms with Crippen LogP contribution < -0.4 is 5.32 Å². The highest BCUT2D eigenvalue weighted by atomic mass is 16.5. The Balaban J connectivity index is 1.44. The minimum atomic E-state index is -0.274. The van der Waals surface area contributed by atoms with Gasteiger partial charge in [-0.2, -0.15) is 0 Å². The molecule has 3 atom stereocenters. The van der Waals surface area contributed by atoms with E-state index in [1.807, 2.05) is 32.0 Å². The smallest absolute Gasteiger partial charge is 0.306 e. The summed E-state index contributed by atoms with van der Waals surface area (Å²) in [5.74, 6) is 1.49. The molecular weight excluding hydrogens is 290 g/mol. The first-order valence-corrected chi connectivity index (χ1v) is 8.54. The molecule has 0 aliphatic heterocycles. The number of carbonyl (C=O) groups excluding carboxylic acids is 2. The third-order valence-corrected chi connectivity index (χ3v) is 5.42. The molecule has 4 heteroatoms. The van der Waals surface area contributed by atoms with Crippen LogP contribution in [0.15, 0.2) is 18.2 Å². The van der Waals surface area contributed by atoms with Crippen molar-refractivity contribution in [2.24, 2.45) is 17.8 Å². The van der Waals surface area contributed by atoms with E-state index in [4.69, 9.17) is 4.74 Å². The number of ether oxygens (including phenoxy) is 1. The number of para-hydroxylation sites is 1. The summed E-state index contributed by atoms with van der Waals surface area (Å²) in [5.41, 5.74) is 2.82. The van der Waals surface area contributed by atoms with Gasteiger partial charge in [-0.25, -0.2) is 0 Å². The summed E-state index contributed by atoms with van der Waals surface area (Å²) in [6.45, 7) is 3.70. The van der Waals surface area contributed by atoms with Gasteiger partial charge in [0.05, 0.1) is 0 Å². The van der Waals surface area contributed by atoms with Gasteiger partial charge in [-0.05, 0) is 62.0 Å². The minimum Gasteiger partial charge on any atom is -0.456 e. The van der Waals surface area contributed by atoms with Crippen molar-refractivity contribution in [3.8, 4) is 0 Å². The maximum atomic E-state index is 12.0. The summed E-state index contributed by atoms with van der Waals surface area (Å²) in [7, 11) is 0. The van der Waals surface area contributed by atoms with Crippen LogP contribution in [0.3, 0.4) is 0 Å². The van der Waals surface area contributed by atoms with E-state index in [1.165, 1.54) is 19.3 Å². The van der Waals surface area contributed by atoms with Crippen LogP contribution in [0.1, 0.15) is 43.2 Å². The van der Waals surface area contributed by atoms with Crippen molar-refractivity contribution >= 4 is 17.6 Å². The molecule has 1 amide bonds. The van der Waals surface area contributed by atoms with Gasteiger partial charge in [0.1, 0.15) is 0 Å². The Morgan fingerprint density at radius 1 is 1.17 bits per heavy atom. The Morgan fingerprint density at radius 3 is 2.52 bits per heavy atom. The van der Waals surface area contributed by atoms with E-state index < -0.39 is 0 Å². The number of benzene rings is 1. The summed E-state index contributed by atoms with van der Waals surface area (Å²) < 4.78 is 5.17. The first kappa shape index (κ1) is 16.0. The molecule has 1 N–H and O–H groups in total. The Kier molecular flexibility index (Phi) is 4.69. The van der Waals surface area contributed by atoms with Crippen molar-refractivity contribution < 1.29 is 14.3 Å². The fourth-order valence-corrected chi connectivity index (χ4v) is 4.23. The zero-order valence-electron chi connectivity index (χ0n) is 13.9. The lowest BCUT2D eigenvalue weighted by Crippen LogP contribution is -2.23. The van der Waals surface area contributed by atoms with Crippen LogP contribution >= 0.6 is 0 Å². The first-order chi connectivity index (χ1) is 11.0. The lowest BCUT2D eigenvalue weighted by molar-refractivity contribution is -0.148. The number of rotatable bonds is 5. The second-order valence-electron chi connectivity index (χ2n) is 7.11. The summed E-state index contributed by atoms with van der Waals surface area (Å²) in [6.07, 6.45) is 5.50. The topological polar surface area (TPSA) is 55.4 Å². The van der Waals surface area contributed by atoms with Crippen LogP contribution in [-0.2, 0) is 14.3 Å². The van der Waals surface area contributed by atoms with Gasteiger partial charge in [-0.3, -0.25) is 9.59 Å². The van der Waals surface area contributed by atoms with Crippen molar-refractivity contribution in [2.45, 2.75) is 46.0 Å². The molecule has 23 heavy (non-hydrogen) atoms. The van der Waals surface area contributed by atoms with Gasteiger partial charge < -0.3 is 10.1 Å². The van der Waals surface area contributed by atoms with Gasteiger partial charge in [0, 0.05) is 12.1 Å². The van der Waals surface area contributed by atoms with E-state index in [1.54, 1.807) is 0 Å². The number of esters is 1. The largest absolute Gasteiger partial charge is 0.456 e. The van der Waals surface area contributed by atoms with Gasteiger partial charge in [-0.1, -0.05) is 24.6 Å². The highest BCUT2D eigenvalue weighted by Crippen LogP contribution is 2.49. The molecule has 2 saturated carbocycles. The molecular formula is C19H25NO3. The Labute approximate surface area is 137 Å². The first-order valence-electron chi connectivity index (χ1n) is 8.54. The monoisotopic (exact) mass is 315 g/mol. The third kappa shape index (κ3) is 3.74. The van der Waals surface area contributed by atoms with E-state index in [0.717, 1.165) is 29.2 Å². The summed E-state index contributed by atoms with van der Waals surface area (Å²) in [5, 5.41) is 2.84. The Hall–Kier alpha value is -1.84. The SMILES string of the molecule is Cc1cccc(C)c1NC(=O)COC(=O)C[C@@H]1C[C@H]2CC[C@@H]1C2. The molecule has 0 spiro atoms. The maximum Gasteiger partial charge on any atom is 0.306 e. The minimum absolute atomic E-state index is 0.201. The van der Waals surface area contributed by atoms with Crippen LogP contribution in [0.2, 0.25) is 0 Å². The number of carbonyl (C=O) groups is 2. The predicted molar refractivity (Wildman–Crippen MR) is 89.1 cm³/mol. The molecule has 0 radical (unpaired) electrons. The number of amides is 1. The zero-order chi connectivity index (χ0) is 16.4. The van der Waals surface area contributed by atoms with E-state index in [-0.39, 0.29) is 18.5 Å². The summed E-state index contributed by atoms with van der Waals surface area (Å²) in [6, 6.07) is 5.85. The molecule has 0 unspecified atom stereocenters. The molecule has 1 aromatic carbocycles. The molecule has 0 saturated heterocycles. The van der Waals surface area contributed by atoms with Crippen LogP contribution in [0.25, 0.3) is 0 Å². The van der Waals surface area contributed by atoms with Gasteiger partial charge >= 0.3 is 5.97 Å². The van der Waals surface area contributed by atoms with Crippen molar-refractivity contribution in [1.82, 2.24) is 0 Å². The number of hydrogen-bond donors (Lipinski definition) is 1. The van der Waals surface area contributed by atoms with Crippen molar-refractivity contribution in [3.63, 3.8) is 0 Å². The highest BCUT2D eigenvalue weighted by Gasteiger charge is 2.40. The molecule has 2 aliphatic rings. The van der Waals surface area contributed by atoms with Crippen molar-refractivity contribution in [1.29, 1.82) is 0 Å². The number of hydrogen-bond acceptors (Lipinski definition) is 3. The number of fused-ring (bicyclic) bond motifs is 2. The van der Waals surface area contributed by atoms with Crippen molar-refractivity contribution in [2.75, 3.05) is 11.9 Å². The second-order valence-corrected chi connectivity index (χ2v) is 7.11. The lowest BCUT2D eigenvalue weighted by atomic mass is 9.86. The zero-order valence-corrected chi connectivity index (χ0v) is 13.9. The number of nitrogens with one attached hydrogen (secondary N) is 1. The van der Waals surface area contributed by atoms with Crippen molar-refractivity contribution in [3.05, 3.63) is 29.3 Å². The summed E-state index contributed by atoms with van der Waals surface area (Å²) >= 11 is 0. The molecule has 124 valence electrons. The molecule has 4 nitrogen and oxygen atoms in total. The molecule has 2 bridgehead atoms. The number of anilines is 1. The normalized spacial score (nSPS) is 25.4. The average molecular weight is 315 g/mol. The van der Waals surface area contributed by atoms with Gasteiger partial charge in [-0.15, -0.1) is 0 Å². The Bertz CT molecular complexity index is 590. The van der Waals surface area contributed by atoms with Crippen LogP contribution in [0.4, 0.5) is 5.69 Å². The lowest BCUT2D eigenvalue weighted by Gasteiger charge is -2.20. The maximum absolute atomic E-state index is 12.0. The van der Waals surface area contributed by atoms with Gasteiger partial charge in [0.15, 0.2) is 6.61 Å². The standard InChI is InChI=1S/C19H25NO3/c1-12-4-3-5-13(2)19(12)20-17(21)11-23-18(22)10-16-9-14-6-7-15(16)8-14/h3-5,14-16H,6-11H2,1-2H3,(H,20,21)/t14-,15+,16-/m0/s1. The quantitative estimate of drug-likeness (QED) is 0.845. The van der Waals surface area contributed by atoms with Crippen LogP contribution in [0.5, 0.6) is 0 Å². The van der Waals surface area contributed by atoms with Gasteiger partial charge in [0.25, 0.3) is 5.91 Å². The molecule has 3 rings (SSSR count). The Morgan fingerprint density at radius 2 is 1.91 bits per heavy atom. The van der Waals surface area contributed by atoms with Gasteiger partial charge in [0.2, 0.25) is 0 Å². The van der Waals surface area contributed by atoms with E-state index >= 15 is 0 Å². The third-order valence-electron chi connectivity index (χ3n) is 5.42. The summed E-state index contributed by atoms with van der Waals surface area (Å²) in [4.78, 5) is 24.0. The molecule has 0 heterocycles. The predicted octanol–water partition coefficient (Wildman–Crippen LogP) is 3.61. The fourth-order valence-electron chi connectivity index (χ4n) is 4.23.